The molecule has 0 radical (unpaired) electrons. The van der Waals surface area contributed by atoms with Crippen molar-refractivity contribution in [3.05, 3.63) is 23.8 Å². The summed E-state index contributed by atoms with van der Waals surface area (Å²) in [4.78, 5) is 13.7. The molecule has 4 nitrogen and oxygen atoms in total. The Labute approximate surface area is 95.5 Å². The number of rotatable bonds is 4. The minimum absolute atomic E-state index is 0.0160. The van der Waals surface area contributed by atoms with E-state index in [-0.39, 0.29) is 17.2 Å². The number of nitrogens with zero attached hydrogens (tertiary/aromatic N) is 1. The number of phenols is 1. The Bertz CT molecular complexity index is 373. The molecule has 1 amide bonds. The number of carbonyl (C=O) groups is 1. The highest BCUT2D eigenvalue weighted by Crippen LogP contribution is 2.24. The third-order valence-electron chi connectivity index (χ3n) is 2.48. The predicted octanol–water partition coefficient (Wildman–Crippen LogP) is 1.88. The van der Waals surface area contributed by atoms with Crippen molar-refractivity contribution in [2.45, 2.75) is 13.8 Å². The van der Waals surface area contributed by atoms with Crippen LogP contribution in [0, 0.1) is 0 Å². The van der Waals surface area contributed by atoms with Gasteiger partial charge in [0, 0.05) is 13.1 Å². The molecule has 0 bridgehead atoms. The van der Waals surface area contributed by atoms with Gasteiger partial charge in [-0.25, -0.2) is 0 Å². The zero-order valence-corrected chi connectivity index (χ0v) is 9.86. The van der Waals surface area contributed by atoms with Gasteiger partial charge in [0.15, 0.2) is 0 Å². The number of carbonyl (C=O) groups excluding carboxylic acids is 1. The quantitative estimate of drug-likeness (QED) is 0.847. The first-order valence-electron chi connectivity index (χ1n) is 5.30. The second-order valence-corrected chi connectivity index (χ2v) is 3.36. The number of aromatic hydroxyl groups is 1. The van der Waals surface area contributed by atoms with Crippen LogP contribution < -0.4 is 4.74 Å². The maximum Gasteiger partial charge on any atom is 0.257 e. The summed E-state index contributed by atoms with van der Waals surface area (Å²) in [6, 6.07) is 4.64. The summed E-state index contributed by atoms with van der Waals surface area (Å²) in [6.07, 6.45) is 0. The van der Waals surface area contributed by atoms with E-state index in [4.69, 9.17) is 4.74 Å². The molecule has 0 heterocycles. The Kier molecular flexibility index (Phi) is 4.17. The maximum atomic E-state index is 12.0. The van der Waals surface area contributed by atoms with Crippen LogP contribution in [0.5, 0.6) is 11.5 Å². The normalized spacial score (nSPS) is 9.94. The van der Waals surface area contributed by atoms with Gasteiger partial charge >= 0.3 is 0 Å². The Balaban J connectivity index is 3.06. The van der Waals surface area contributed by atoms with Gasteiger partial charge in [-0.3, -0.25) is 4.79 Å². The van der Waals surface area contributed by atoms with Gasteiger partial charge in [-0.1, -0.05) is 0 Å². The molecule has 1 aromatic carbocycles. The molecule has 0 aliphatic rings. The summed E-state index contributed by atoms with van der Waals surface area (Å²) in [7, 11) is 1.53. The van der Waals surface area contributed by atoms with E-state index in [9.17, 15) is 9.90 Å². The highest BCUT2D eigenvalue weighted by molar-refractivity contribution is 5.97. The van der Waals surface area contributed by atoms with E-state index in [0.29, 0.717) is 18.8 Å². The molecule has 0 aliphatic carbocycles. The fourth-order valence-electron chi connectivity index (χ4n) is 1.49. The second-order valence-electron chi connectivity index (χ2n) is 3.36. The first kappa shape index (κ1) is 12.4. The van der Waals surface area contributed by atoms with E-state index < -0.39 is 0 Å². The molecule has 0 unspecified atom stereocenters. The Hall–Kier alpha value is -1.71. The van der Waals surface area contributed by atoms with E-state index in [1.807, 2.05) is 13.8 Å². The lowest BCUT2D eigenvalue weighted by molar-refractivity contribution is 0.0769. The Morgan fingerprint density at radius 2 is 2.00 bits per heavy atom. The summed E-state index contributed by atoms with van der Waals surface area (Å²) in [5, 5.41) is 9.64. The standard InChI is InChI=1S/C12H17NO3/c1-4-13(5-2)12(15)10-8-9(16-3)6-7-11(10)14/h6-8,14H,4-5H2,1-3H3. The monoisotopic (exact) mass is 223 g/mol. The van der Waals surface area contributed by atoms with Gasteiger partial charge in [0.25, 0.3) is 5.91 Å². The minimum Gasteiger partial charge on any atom is -0.507 e. The van der Waals surface area contributed by atoms with Crippen molar-refractivity contribution in [1.82, 2.24) is 4.90 Å². The summed E-state index contributed by atoms with van der Waals surface area (Å²) in [6.45, 7) is 5.04. The maximum absolute atomic E-state index is 12.0. The summed E-state index contributed by atoms with van der Waals surface area (Å²) >= 11 is 0. The van der Waals surface area contributed by atoms with Gasteiger partial charge < -0.3 is 14.7 Å². The van der Waals surface area contributed by atoms with Crippen molar-refractivity contribution in [2.24, 2.45) is 0 Å². The predicted molar refractivity (Wildman–Crippen MR) is 61.9 cm³/mol. The average Bonchev–Trinajstić information content (AvgIpc) is 2.31. The number of phenolic OH excluding ortho intramolecular Hbond substituents is 1. The van der Waals surface area contributed by atoms with Gasteiger partial charge in [-0.2, -0.15) is 0 Å². The summed E-state index contributed by atoms with van der Waals surface area (Å²) in [5.74, 6) is 0.368. The largest absolute Gasteiger partial charge is 0.507 e. The zero-order chi connectivity index (χ0) is 12.1. The number of hydrogen-bond donors (Lipinski definition) is 1. The fraction of sp³-hybridized carbons (Fsp3) is 0.417. The van der Waals surface area contributed by atoms with E-state index in [2.05, 4.69) is 0 Å². The van der Waals surface area contributed by atoms with Gasteiger partial charge in [0.05, 0.1) is 12.7 Å². The van der Waals surface area contributed by atoms with Crippen LogP contribution in [0.4, 0.5) is 0 Å². The molecule has 1 N–H and O–H groups in total. The van der Waals surface area contributed by atoms with E-state index >= 15 is 0 Å². The first-order chi connectivity index (χ1) is 7.63. The van der Waals surface area contributed by atoms with Crippen molar-refractivity contribution in [3.63, 3.8) is 0 Å². The zero-order valence-electron chi connectivity index (χ0n) is 9.86. The summed E-state index contributed by atoms with van der Waals surface area (Å²) in [5.41, 5.74) is 0.281. The SMILES string of the molecule is CCN(CC)C(=O)c1cc(OC)ccc1O. The van der Waals surface area contributed by atoms with Crippen molar-refractivity contribution in [3.8, 4) is 11.5 Å². The Morgan fingerprint density at radius 3 is 2.50 bits per heavy atom. The molecule has 4 heteroatoms. The molecule has 0 spiro atoms. The minimum atomic E-state index is -0.179. The van der Waals surface area contributed by atoms with Crippen LogP contribution in [0.25, 0.3) is 0 Å². The van der Waals surface area contributed by atoms with Crippen LogP contribution in [-0.4, -0.2) is 36.1 Å². The molecular weight excluding hydrogens is 206 g/mol. The second kappa shape index (κ2) is 5.39. The molecule has 1 rings (SSSR count). The highest BCUT2D eigenvalue weighted by atomic mass is 16.5. The van der Waals surface area contributed by atoms with Crippen LogP contribution in [0.1, 0.15) is 24.2 Å². The lowest BCUT2D eigenvalue weighted by Gasteiger charge is -2.19. The number of ether oxygens (including phenoxy) is 1. The van der Waals surface area contributed by atoms with E-state index in [1.54, 1.807) is 17.0 Å². The van der Waals surface area contributed by atoms with Crippen molar-refractivity contribution in [1.29, 1.82) is 0 Å². The van der Waals surface area contributed by atoms with Gasteiger partial charge in [0.1, 0.15) is 11.5 Å². The molecule has 0 aromatic heterocycles. The van der Waals surface area contributed by atoms with Crippen LogP contribution >= 0.6 is 0 Å². The van der Waals surface area contributed by atoms with Gasteiger partial charge in [-0.15, -0.1) is 0 Å². The molecule has 0 aliphatic heterocycles. The van der Waals surface area contributed by atoms with E-state index in [1.165, 1.54) is 13.2 Å². The topological polar surface area (TPSA) is 49.8 Å². The molecule has 88 valence electrons. The number of amides is 1. The fourth-order valence-corrected chi connectivity index (χ4v) is 1.49. The van der Waals surface area contributed by atoms with Crippen LogP contribution in [0.3, 0.4) is 0 Å². The summed E-state index contributed by atoms with van der Waals surface area (Å²) < 4.78 is 5.03. The number of methoxy groups -OCH3 is 1. The van der Waals surface area contributed by atoms with Gasteiger partial charge in [-0.05, 0) is 32.0 Å². The van der Waals surface area contributed by atoms with E-state index in [0.717, 1.165) is 0 Å². The van der Waals surface area contributed by atoms with Crippen LogP contribution in [-0.2, 0) is 0 Å². The van der Waals surface area contributed by atoms with Crippen molar-refractivity contribution < 1.29 is 14.6 Å². The third-order valence-corrected chi connectivity index (χ3v) is 2.48. The molecule has 0 atom stereocenters. The lowest BCUT2D eigenvalue weighted by Crippen LogP contribution is -2.30. The van der Waals surface area contributed by atoms with Crippen LogP contribution in [0.15, 0.2) is 18.2 Å². The van der Waals surface area contributed by atoms with Crippen LogP contribution in [0.2, 0.25) is 0 Å². The number of benzene rings is 1. The lowest BCUT2D eigenvalue weighted by atomic mass is 10.1. The molecular formula is C12H17NO3. The van der Waals surface area contributed by atoms with Gasteiger partial charge in [0.2, 0.25) is 0 Å². The Morgan fingerprint density at radius 1 is 1.38 bits per heavy atom. The average molecular weight is 223 g/mol. The molecule has 0 fully saturated rings. The molecule has 1 aromatic rings. The molecule has 0 saturated heterocycles. The highest BCUT2D eigenvalue weighted by Gasteiger charge is 2.17. The smallest absolute Gasteiger partial charge is 0.257 e. The van der Waals surface area contributed by atoms with Crippen molar-refractivity contribution >= 4 is 5.91 Å². The van der Waals surface area contributed by atoms with Crippen molar-refractivity contribution in [2.75, 3.05) is 20.2 Å². The third kappa shape index (κ3) is 2.45. The first-order valence-corrected chi connectivity index (χ1v) is 5.30. The number of hydrogen-bond acceptors (Lipinski definition) is 3. The molecule has 0 saturated carbocycles. The molecule has 16 heavy (non-hydrogen) atoms.